The lowest BCUT2D eigenvalue weighted by Crippen LogP contribution is -2.62. The molecule has 3 heterocycles. The molecule has 0 radical (unpaired) electrons. The van der Waals surface area contributed by atoms with Gasteiger partial charge >= 0.3 is 0 Å². The Hall–Kier alpha value is -7.92. The number of para-hydroxylation sites is 2. The average molecular weight is 919 g/mol. The maximum Gasteiger partial charge on any atom is 0.171 e. The molecule has 1 aliphatic heterocycles. The molecule has 0 N–H and O–H groups in total. The molecular weight excluding hydrogens is 865 g/mol. The van der Waals surface area contributed by atoms with Gasteiger partial charge in [0.1, 0.15) is 11.0 Å². The molecule has 0 amide bonds. The van der Waals surface area contributed by atoms with Gasteiger partial charge in [-0.25, -0.2) is 0 Å². The smallest absolute Gasteiger partial charge is 0.171 e. The van der Waals surface area contributed by atoms with Gasteiger partial charge in [-0.2, -0.15) is 0 Å². The molecule has 0 spiro atoms. The Labute approximate surface area is 411 Å². The Morgan fingerprint density at radius 3 is 2.23 bits per heavy atom. The molecule has 2 unspecified atom stereocenters. The molecule has 5 aliphatic rings. The highest BCUT2D eigenvalue weighted by Crippen LogP contribution is 2.49. The van der Waals surface area contributed by atoms with Crippen LogP contribution in [0.3, 0.4) is 0 Å². The normalized spacial score (nSPS) is 18.5. The van der Waals surface area contributed by atoms with Crippen LogP contribution < -0.4 is 25.9 Å². The van der Waals surface area contributed by atoms with Gasteiger partial charge in [0.2, 0.25) is 0 Å². The zero-order chi connectivity index (χ0) is 46.6. The van der Waals surface area contributed by atoms with E-state index in [-0.39, 0.29) is 5.92 Å². The van der Waals surface area contributed by atoms with E-state index in [1.807, 2.05) is 12.1 Å². The van der Waals surface area contributed by atoms with Crippen molar-refractivity contribution in [2.75, 3.05) is 4.90 Å². The lowest BCUT2D eigenvalue weighted by molar-refractivity contribution is 0.569. The number of aromatic nitrogens is 1. The molecule has 0 saturated heterocycles. The summed E-state index contributed by atoms with van der Waals surface area (Å²) < 4.78 is 8.92. The predicted octanol–water partition coefficient (Wildman–Crippen LogP) is 14.0. The molecule has 2 atom stereocenters. The monoisotopic (exact) mass is 918 g/mol. The van der Waals surface area contributed by atoms with Gasteiger partial charge < -0.3 is 13.9 Å². The van der Waals surface area contributed by atoms with E-state index in [1.165, 1.54) is 70.7 Å². The molecular formula is C66H54N2OSi. The van der Waals surface area contributed by atoms with Crippen molar-refractivity contribution in [3.05, 3.63) is 269 Å². The highest BCUT2D eigenvalue weighted by Gasteiger charge is 2.44. The molecule has 0 bridgehead atoms. The lowest BCUT2D eigenvalue weighted by atomic mass is 9.92. The van der Waals surface area contributed by atoms with Crippen LogP contribution >= 0.6 is 0 Å². The van der Waals surface area contributed by atoms with Crippen molar-refractivity contribution in [3.8, 4) is 0 Å². The average Bonchev–Trinajstić information content (AvgIpc) is 4.09. The van der Waals surface area contributed by atoms with Gasteiger partial charge in [0.05, 0.1) is 11.6 Å². The second-order valence-electron chi connectivity index (χ2n) is 19.3. The van der Waals surface area contributed by atoms with Gasteiger partial charge in [-0.3, -0.25) is 0 Å². The minimum absolute atomic E-state index is 0.242. The zero-order valence-electron chi connectivity index (χ0n) is 39.3. The lowest BCUT2D eigenvalue weighted by Gasteiger charge is -2.40. The molecule has 338 valence electrons. The highest BCUT2D eigenvalue weighted by atomic mass is 28.3. The summed E-state index contributed by atoms with van der Waals surface area (Å²) in [5.74, 6) is 0.242. The van der Waals surface area contributed by atoms with Crippen molar-refractivity contribution in [1.82, 2.24) is 4.57 Å². The van der Waals surface area contributed by atoms with Crippen molar-refractivity contribution in [2.24, 2.45) is 0 Å². The molecule has 6 aromatic carbocycles. The number of anilines is 1. The molecule has 0 saturated carbocycles. The molecule has 2 aromatic heterocycles. The van der Waals surface area contributed by atoms with Gasteiger partial charge in [0.25, 0.3) is 0 Å². The molecule has 4 heteroatoms. The van der Waals surface area contributed by atoms with Crippen LogP contribution in [0.15, 0.2) is 246 Å². The Bertz CT molecular complexity index is 3750. The van der Waals surface area contributed by atoms with Crippen molar-refractivity contribution < 1.29 is 4.42 Å². The quantitative estimate of drug-likeness (QED) is 0.0952. The Morgan fingerprint density at radius 2 is 1.46 bits per heavy atom. The Kier molecular flexibility index (Phi) is 10.6. The summed E-state index contributed by atoms with van der Waals surface area (Å²) in [4.78, 5) is 2.41. The van der Waals surface area contributed by atoms with Crippen molar-refractivity contribution in [3.63, 3.8) is 0 Å². The highest BCUT2D eigenvalue weighted by molar-refractivity contribution is 7.12. The number of benzene rings is 6. The van der Waals surface area contributed by atoms with Gasteiger partial charge in [0, 0.05) is 56.0 Å². The van der Waals surface area contributed by atoms with Crippen LogP contribution in [0.25, 0.3) is 56.1 Å². The fourth-order valence-corrected chi connectivity index (χ4v) is 17.7. The number of hydrogen-bond acceptors (Lipinski definition) is 2. The Morgan fingerprint density at radius 1 is 0.686 bits per heavy atom. The number of hydrogen-bond donors (Lipinski definition) is 0. The zero-order valence-corrected chi connectivity index (χ0v) is 40.3. The van der Waals surface area contributed by atoms with E-state index in [2.05, 4.69) is 235 Å². The first-order valence-electron chi connectivity index (χ1n) is 25.1. The molecule has 70 heavy (non-hydrogen) atoms. The topological polar surface area (TPSA) is 21.3 Å². The first-order chi connectivity index (χ1) is 34.7. The van der Waals surface area contributed by atoms with Crippen LogP contribution in [-0.4, -0.2) is 12.6 Å². The standard InChI is InChI=1S/C66H54N2OSi/c1-2-46(48-34-42-63-61(44-48)60-28-16-27-59-56-25-12-14-29-62(56)68(63)66(59)60)18-17-43-67(50-35-31-47(32-36-50)49-33-41-58-57-26-13-15-30-64(57)69-65(58)45-49)51-37-39-55(40-38-51)70(52-19-6-3-7-20-52,53-21-8-4-9-22-53)54-23-10-5-11-24-54/h2-10,12-23,25-28,30-32,34-37,39,41-45,49,62H,1,11,24,29,33,38,40H2/b43-17+,46-18+. The molecule has 4 aliphatic carbocycles. The van der Waals surface area contributed by atoms with Crippen LogP contribution in [-0.2, 0) is 0 Å². The van der Waals surface area contributed by atoms with Crippen LogP contribution in [0, 0.1) is 0 Å². The van der Waals surface area contributed by atoms with Crippen LogP contribution in [0.5, 0.6) is 0 Å². The minimum atomic E-state index is -2.53. The van der Waals surface area contributed by atoms with Crippen molar-refractivity contribution >= 4 is 80.2 Å². The third-order valence-corrected chi connectivity index (χ3v) is 20.8. The number of nitrogens with zero attached hydrogens (tertiary/aromatic N) is 2. The van der Waals surface area contributed by atoms with Crippen molar-refractivity contribution in [1.29, 1.82) is 0 Å². The summed E-state index contributed by atoms with van der Waals surface area (Å²) >= 11 is 0. The summed E-state index contributed by atoms with van der Waals surface area (Å²) in [5, 5.41) is 11.1. The summed E-state index contributed by atoms with van der Waals surface area (Å²) in [6.45, 7) is 4.34. The minimum Gasteiger partial charge on any atom is -0.456 e. The number of fused-ring (bicyclic) bond motifs is 9. The Balaban J connectivity index is 0.889. The maximum absolute atomic E-state index is 6.34. The van der Waals surface area contributed by atoms with E-state index in [9.17, 15) is 0 Å². The van der Waals surface area contributed by atoms with Gasteiger partial charge in [-0.05, 0) is 120 Å². The van der Waals surface area contributed by atoms with Crippen molar-refractivity contribution in [2.45, 2.75) is 50.5 Å². The second kappa shape index (κ2) is 17.5. The van der Waals surface area contributed by atoms with E-state index >= 15 is 0 Å². The predicted molar refractivity (Wildman–Crippen MR) is 298 cm³/mol. The summed E-state index contributed by atoms with van der Waals surface area (Å²) in [6.07, 6.45) is 38.2. The molecule has 3 nitrogen and oxygen atoms in total. The van der Waals surface area contributed by atoms with Crippen LogP contribution in [0.1, 0.15) is 67.2 Å². The van der Waals surface area contributed by atoms with Gasteiger partial charge in [0.15, 0.2) is 8.07 Å². The molecule has 13 rings (SSSR count). The fourth-order valence-electron chi connectivity index (χ4n) is 12.4. The first-order valence-corrected chi connectivity index (χ1v) is 27.1. The molecule has 8 aromatic rings. The van der Waals surface area contributed by atoms with E-state index in [4.69, 9.17) is 4.42 Å². The number of allylic oxidation sites excluding steroid dienone is 16. The van der Waals surface area contributed by atoms with Crippen LogP contribution in [0.2, 0.25) is 0 Å². The van der Waals surface area contributed by atoms with Gasteiger partial charge in [-0.15, -0.1) is 0 Å². The second-order valence-corrected chi connectivity index (χ2v) is 23.3. The van der Waals surface area contributed by atoms with E-state index < -0.39 is 8.07 Å². The van der Waals surface area contributed by atoms with Crippen LogP contribution in [0.4, 0.5) is 5.69 Å². The fraction of sp³-hybridized carbons (Fsp3) is 0.121. The third-order valence-electron chi connectivity index (χ3n) is 15.7. The number of rotatable bonds is 11. The summed E-state index contributed by atoms with van der Waals surface area (Å²) in [5.41, 5.74) is 13.3. The third kappa shape index (κ3) is 6.92. The summed E-state index contributed by atoms with van der Waals surface area (Å²) in [6, 6.07) is 54.5. The SMILES string of the molecule is C=C/C(=C\C=C\N(C1=CC=C([Si](C2=CC=CCC2)(c2ccccc2)c2ccccc2)CC1)c1ccc(C2C=c3oc4ccccc4c3=CC2)cc1)c1ccc2c(c1)c1cccc3c1n2C1CC=CC=C31. The largest absolute Gasteiger partial charge is 0.456 e. The number of furan rings is 1. The van der Waals surface area contributed by atoms with E-state index in [1.54, 1.807) is 10.4 Å². The van der Waals surface area contributed by atoms with Gasteiger partial charge in [-0.1, -0.05) is 193 Å². The van der Waals surface area contributed by atoms with E-state index in [0.717, 1.165) is 60.8 Å². The molecule has 0 fully saturated rings. The summed E-state index contributed by atoms with van der Waals surface area (Å²) in [7, 11) is -2.53. The van der Waals surface area contributed by atoms with E-state index in [0.29, 0.717) is 6.04 Å². The maximum atomic E-state index is 6.34. The first kappa shape index (κ1) is 42.2.